The van der Waals surface area contributed by atoms with Crippen LogP contribution in [0.2, 0.25) is 0 Å². The van der Waals surface area contributed by atoms with Crippen LogP contribution in [0.15, 0.2) is 33.8 Å². The van der Waals surface area contributed by atoms with Crippen molar-refractivity contribution < 1.29 is 0 Å². The van der Waals surface area contributed by atoms with Crippen LogP contribution in [-0.4, -0.2) is 9.55 Å². The van der Waals surface area contributed by atoms with E-state index in [0.29, 0.717) is 11.3 Å². The second-order valence-corrected chi connectivity index (χ2v) is 5.58. The van der Waals surface area contributed by atoms with E-state index < -0.39 is 0 Å². The Morgan fingerprint density at radius 2 is 2.24 bits per heavy atom. The Labute approximate surface area is 108 Å². The summed E-state index contributed by atoms with van der Waals surface area (Å²) in [5.74, 6) is 0.666. The van der Waals surface area contributed by atoms with Gasteiger partial charge in [0.25, 0.3) is 5.56 Å². The Morgan fingerprint density at radius 1 is 1.41 bits per heavy atom. The molecule has 1 aromatic carbocycles. The molecule has 0 atom stereocenters. The van der Waals surface area contributed by atoms with E-state index in [9.17, 15) is 4.79 Å². The third kappa shape index (κ3) is 2.02. The molecule has 3 rings (SSSR count). The first-order valence-electron chi connectivity index (χ1n) is 5.89. The van der Waals surface area contributed by atoms with Crippen molar-refractivity contribution in [2.45, 2.75) is 25.8 Å². The van der Waals surface area contributed by atoms with Crippen molar-refractivity contribution in [3.05, 3.63) is 39.4 Å². The van der Waals surface area contributed by atoms with Gasteiger partial charge in [-0.25, -0.2) is 4.98 Å². The van der Waals surface area contributed by atoms with Gasteiger partial charge in [-0.2, -0.15) is 0 Å². The van der Waals surface area contributed by atoms with Crippen molar-refractivity contribution in [1.82, 2.24) is 9.55 Å². The Morgan fingerprint density at radius 3 is 2.94 bits per heavy atom. The van der Waals surface area contributed by atoms with E-state index in [2.05, 4.69) is 20.9 Å². The summed E-state index contributed by atoms with van der Waals surface area (Å²) in [7, 11) is 0. The molecule has 1 aliphatic carbocycles. The molecule has 1 aromatic heterocycles. The number of rotatable bonds is 2. The number of halogens is 1. The van der Waals surface area contributed by atoms with Crippen molar-refractivity contribution in [1.29, 1.82) is 0 Å². The second kappa shape index (κ2) is 4.26. The molecule has 0 amide bonds. The van der Waals surface area contributed by atoms with Crippen molar-refractivity contribution in [2.75, 3.05) is 0 Å². The highest BCUT2D eigenvalue weighted by molar-refractivity contribution is 9.10. The average molecular weight is 293 g/mol. The molecule has 0 N–H and O–H groups in total. The molecule has 0 bridgehead atoms. The molecule has 1 saturated carbocycles. The molecular formula is C13H13BrN2O. The topological polar surface area (TPSA) is 34.9 Å². The summed E-state index contributed by atoms with van der Waals surface area (Å²) in [6.07, 6.45) is 5.45. The van der Waals surface area contributed by atoms with Crippen molar-refractivity contribution in [3.8, 4) is 0 Å². The van der Waals surface area contributed by atoms with Crippen LogP contribution in [0, 0.1) is 5.92 Å². The minimum Gasteiger partial charge on any atom is -0.298 e. The number of benzene rings is 1. The normalized spacial score (nSPS) is 16.1. The van der Waals surface area contributed by atoms with Crippen LogP contribution in [0.1, 0.15) is 19.3 Å². The number of aromatic nitrogens is 2. The summed E-state index contributed by atoms with van der Waals surface area (Å²) in [6.45, 7) is 0.814. The van der Waals surface area contributed by atoms with Crippen molar-refractivity contribution >= 4 is 26.8 Å². The Hall–Kier alpha value is -1.16. The van der Waals surface area contributed by atoms with Crippen molar-refractivity contribution in [2.24, 2.45) is 5.92 Å². The van der Waals surface area contributed by atoms with E-state index in [1.54, 1.807) is 10.9 Å². The Kier molecular flexibility index (Phi) is 2.74. The van der Waals surface area contributed by atoms with Gasteiger partial charge in [0.2, 0.25) is 0 Å². The fraction of sp³-hybridized carbons (Fsp3) is 0.385. The van der Waals surface area contributed by atoms with Crippen LogP contribution in [0.3, 0.4) is 0 Å². The molecule has 0 unspecified atom stereocenters. The van der Waals surface area contributed by atoms with Crippen molar-refractivity contribution in [3.63, 3.8) is 0 Å². The van der Waals surface area contributed by atoms with Gasteiger partial charge >= 0.3 is 0 Å². The molecule has 2 aromatic rings. The fourth-order valence-electron chi connectivity index (χ4n) is 2.21. The van der Waals surface area contributed by atoms with Crippen LogP contribution in [0.25, 0.3) is 10.9 Å². The SMILES string of the molecule is O=c1c2cc(Br)ccc2ncn1CC1CCC1. The predicted molar refractivity (Wildman–Crippen MR) is 71.0 cm³/mol. The monoisotopic (exact) mass is 292 g/mol. The molecule has 88 valence electrons. The van der Waals surface area contributed by atoms with Crippen LogP contribution in [-0.2, 0) is 6.54 Å². The van der Waals surface area contributed by atoms with Gasteiger partial charge in [-0.3, -0.25) is 9.36 Å². The third-order valence-corrected chi connectivity index (χ3v) is 3.96. The smallest absolute Gasteiger partial charge is 0.261 e. The van der Waals surface area contributed by atoms with E-state index >= 15 is 0 Å². The van der Waals surface area contributed by atoms with Gasteiger partial charge in [-0.15, -0.1) is 0 Å². The molecule has 0 radical (unpaired) electrons. The Balaban J connectivity index is 2.07. The maximum absolute atomic E-state index is 12.3. The van der Waals surface area contributed by atoms with Gasteiger partial charge in [0, 0.05) is 11.0 Å². The van der Waals surface area contributed by atoms with E-state index in [-0.39, 0.29) is 5.56 Å². The molecular weight excluding hydrogens is 280 g/mol. The first-order valence-corrected chi connectivity index (χ1v) is 6.68. The standard InChI is InChI=1S/C13H13BrN2O/c14-10-4-5-12-11(6-10)13(17)16(8-15-12)7-9-2-1-3-9/h4-6,8-9H,1-3,7H2. The number of nitrogens with zero attached hydrogens (tertiary/aromatic N) is 2. The Bertz CT molecular complexity index is 616. The average Bonchev–Trinajstić information content (AvgIpc) is 2.27. The minimum atomic E-state index is 0.0724. The van der Waals surface area contributed by atoms with Gasteiger partial charge in [-0.05, 0) is 37.0 Å². The van der Waals surface area contributed by atoms with E-state index in [1.807, 2.05) is 18.2 Å². The van der Waals surface area contributed by atoms with Crippen LogP contribution in [0.5, 0.6) is 0 Å². The molecule has 1 heterocycles. The molecule has 0 spiro atoms. The summed E-state index contributed by atoms with van der Waals surface area (Å²) in [4.78, 5) is 16.6. The van der Waals surface area contributed by atoms with E-state index in [0.717, 1.165) is 16.5 Å². The van der Waals surface area contributed by atoms with Crippen LogP contribution < -0.4 is 5.56 Å². The number of hydrogen-bond donors (Lipinski definition) is 0. The van der Waals surface area contributed by atoms with Gasteiger partial charge in [0.05, 0.1) is 17.2 Å². The number of fused-ring (bicyclic) bond motifs is 1. The molecule has 3 nitrogen and oxygen atoms in total. The summed E-state index contributed by atoms with van der Waals surface area (Å²) in [5.41, 5.74) is 0.839. The summed E-state index contributed by atoms with van der Waals surface area (Å²) in [5, 5.41) is 0.696. The van der Waals surface area contributed by atoms with E-state index in [1.165, 1.54) is 19.3 Å². The molecule has 1 aliphatic rings. The van der Waals surface area contributed by atoms with Gasteiger partial charge in [-0.1, -0.05) is 22.4 Å². The highest BCUT2D eigenvalue weighted by atomic mass is 79.9. The summed E-state index contributed by atoms with van der Waals surface area (Å²) in [6, 6.07) is 5.63. The predicted octanol–water partition coefficient (Wildman–Crippen LogP) is 2.96. The molecule has 0 aliphatic heterocycles. The van der Waals surface area contributed by atoms with Gasteiger partial charge in [0.15, 0.2) is 0 Å². The fourth-order valence-corrected chi connectivity index (χ4v) is 2.58. The minimum absolute atomic E-state index is 0.0724. The molecule has 0 saturated heterocycles. The second-order valence-electron chi connectivity index (χ2n) is 4.66. The zero-order chi connectivity index (χ0) is 11.8. The van der Waals surface area contributed by atoms with Crippen LogP contribution >= 0.6 is 15.9 Å². The zero-order valence-electron chi connectivity index (χ0n) is 9.40. The maximum atomic E-state index is 12.3. The summed E-state index contributed by atoms with van der Waals surface area (Å²) >= 11 is 3.39. The highest BCUT2D eigenvalue weighted by Crippen LogP contribution is 2.27. The van der Waals surface area contributed by atoms with Crippen LogP contribution in [0.4, 0.5) is 0 Å². The van der Waals surface area contributed by atoms with Gasteiger partial charge < -0.3 is 0 Å². The first kappa shape index (κ1) is 11.0. The lowest BCUT2D eigenvalue weighted by Gasteiger charge is -2.25. The van der Waals surface area contributed by atoms with Gasteiger partial charge in [0.1, 0.15) is 0 Å². The lowest BCUT2D eigenvalue weighted by molar-refractivity contribution is 0.273. The summed E-state index contributed by atoms with van der Waals surface area (Å²) < 4.78 is 2.67. The molecule has 1 fully saturated rings. The zero-order valence-corrected chi connectivity index (χ0v) is 11.0. The van der Waals surface area contributed by atoms with E-state index in [4.69, 9.17) is 0 Å². The maximum Gasteiger partial charge on any atom is 0.261 e. The lowest BCUT2D eigenvalue weighted by atomic mass is 9.85. The first-order chi connectivity index (χ1) is 8.24. The largest absolute Gasteiger partial charge is 0.298 e. The highest BCUT2D eigenvalue weighted by Gasteiger charge is 2.18. The number of hydrogen-bond acceptors (Lipinski definition) is 2. The molecule has 4 heteroatoms. The third-order valence-electron chi connectivity index (χ3n) is 3.47. The lowest BCUT2D eigenvalue weighted by Crippen LogP contribution is -2.27. The quantitative estimate of drug-likeness (QED) is 0.853. The molecule has 17 heavy (non-hydrogen) atoms.